The van der Waals surface area contributed by atoms with E-state index in [0.717, 1.165) is 25.1 Å². The molecule has 0 atom stereocenters. The first-order chi connectivity index (χ1) is 8.22. The molecule has 0 bridgehead atoms. The van der Waals surface area contributed by atoms with Crippen molar-refractivity contribution >= 4 is 5.91 Å². The zero-order valence-electron chi connectivity index (χ0n) is 10.8. The molecular weight excluding hydrogens is 214 g/mol. The molecule has 1 aromatic heterocycles. The van der Waals surface area contributed by atoms with Crippen molar-refractivity contribution in [1.29, 1.82) is 0 Å². The second-order valence-corrected chi connectivity index (χ2v) is 4.71. The van der Waals surface area contributed by atoms with Crippen molar-refractivity contribution in [2.45, 2.75) is 52.0 Å². The number of carbonyl (C=O) groups is 1. The maximum atomic E-state index is 11.4. The second kappa shape index (κ2) is 5.34. The fourth-order valence-corrected chi connectivity index (χ4v) is 2.39. The number of hydrogen-bond acceptors (Lipinski definition) is 2. The van der Waals surface area contributed by atoms with Crippen LogP contribution in [0.3, 0.4) is 0 Å². The number of rotatable bonds is 4. The number of aryl methyl sites for hydroxylation is 1. The van der Waals surface area contributed by atoms with E-state index in [-0.39, 0.29) is 5.91 Å². The molecule has 2 rings (SSSR count). The van der Waals surface area contributed by atoms with Crippen molar-refractivity contribution in [2.75, 3.05) is 0 Å². The summed E-state index contributed by atoms with van der Waals surface area (Å²) in [4.78, 5) is 16.1. The predicted molar refractivity (Wildman–Crippen MR) is 66.6 cm³/mol. The number of imidazole rings is 1. The summed E-state index contributed by atoms with van der Waals surface area (Å²) in [6.07, 6.45) is 6.21. The number of carbonyl (C=O) groups excluding carboxylic acids is 1. The van der Waals surface area contributed by atoms with Gasteiger partial charge in [0.25, 0.3) is 0 Å². The summed E-state index contributed by atoms with van der Waals surface area (Å²) < 4.78 is 2.15. The first kappa shape index (κ1) is 12.1. The van der Waals surface area contributed by atoms with Crippen molar-refractivity contribution in [3.8, 4) is 0 Å². The average molecular weight is 235 g/mol. The van der Waals surface area contributed by atoms with Crippen LogP contribution in [0.1, 0.15) is 49.8 Å². The Balaban J connectivity index is 2.01. The van der Waals surface area contributed by atoms with Crippen LogP contribution in [0.15, 0.2) is 0 Å². The summed E-state index contributed by atoms with van der Waals surface area (Å²) >= 11 is 0. The summed E-state index contributed by atoms with van der Waals surface area (Å²) in [5.74, 6) is 1.11. The van der Waals surface area contributed by atoms with Gasteiger partial charge >= 0.3 is 0 Å². The lowest BCUT2D eigenvalue weighted by Crippen LogP contribution is -2.24. The summed E-state index contributed by atoms with van der Waals surface area (Å²) in [7, 11) is 2.05. The molecule has 1 heterocycles. The van der Waals surface area contributed by atoms with E-state index >= 15 is 0 Å². The largest absolute Gasteiger partial charge is 0.349 e. The molecular formula is C13H21N3O. The van der Waals surface area contributed by atoms with Crippen molar-refractivity contribution in [3.63, 3.8) is 0 Å². The highest BCUT2D eigenvalue weighted by Gasteiger charge is 2.17. The van der Waals surface area contributed by atoms with E-state index in [0.29, 0.717) is 13.0 Å². The maximum Gasteiger partial charge on any atom is 0.220 e. The van der Waals surface area contributed by atoms with Gasteiger partial charge in [0.2, 0.25) is 5.91 Å². The van der Waals surface area contributed by atoms with Crippen LogP contribution in [0.4, 0.5) is 0 Å². The van der Waals surface area contributed by atoms with Crippen LogP contribution >= 0.6 is 0 Å². The van der Waals surface area contributed by atoms with E-state index in [1.807, 2.05) is 6.92 Å². The van der Waals surface area contributed by atoms with Crippen LogP contribution in [-0.2, 0) is 31.2 Å². The number of amides is 1. The third kappa shape index (κ3) is 2.68. The molecule has 1 N–H and O–H groups in total. The Morgan fingerprint density at radius 3 is 2.88 bits per heavy atom. The van der Waals surface area contributed by atoms with Crippen molar-refractivity contribution in [3.05, 3.63) is 17.2 Å². The third-order valence-corrected chi connectivity index (χ3v) is 3.39. The predicted octanol–water partition coefficient (Wildman–Crippen LogP) is 1.72. The smallest absolute Gasteiger partial charge is 0.220 e. The van der Waals surface area contributed by atoms with E-state index < -0.39 is 0 Å². The minimum absolute atomic E-state index is 0.119. The molecule has 0 unspecified atom stereocenters. The highest BCUT2D eigenvalue weighted by atomic mass is 16.1. The molecule has 17 heavy (non-hydrogen) atoms. The van der Waals surface area contributed by atoms with Gasteiger partial charge in [0.15, 0.2) is 0 Å². The van der Waals surface area contributed by atoms with Crippen LogP contribution in [0.25, 0.3) is 0 Å². The van der Waals surface area contributed by atoms with Gasteiger partial charge in [-0.15, -0.1) is 0 Å². The van der Waals surface area contributed by atoms with E-state index in [2.05, 4.69) is 21.9 Å². The molecule has 1 amide bonds. The quantitative estimate of drug-likeness (QED) is 0.863. The Bertz CT molecular complexity index is 409. The van der Waals surface area contributed by atoms with Gasteiger partial charge in [-0.3, -0.25) is 4.79 Å². The number of hydrogen-bond donors (Lipinski definition) is 1. The van der Waals surface area contributed by atoms with Crippen LogP contribution in [-0.4, -0.2) is 15.5 Å². The highest BCUT2D eigenvalue weighted by molar-refractivity contribution is 5.75. The minimum atomic E-state index is 0.119. The van der Waals surface area contributed by atoms with E-state index in [1.54, 1.807) is 0 Å². The molecule has 1 aliphatic rings. The Kier molecular flexibility index (Phi) is 3.82. The number of fused-ring (bicyclic) bond motifs is 1. The normalized spacial score (nSPS) is 14.5. The molecule has 0 saturated carbocycles. The number of aromatic nitrogens is 2. The van der Waals surface area contributed by atoms with Crippen LogP contribution < -0.4 is 5.32 Å². The lowest BCUT2D eigenvalue weighted by Gasteiger charge is -2.11. The first-order valence-electron chi connectivity index (χ1n) is 6.52. The van der Waals surface area contributed by atoms with E-state index in [4.69, 9.17) is 0 Å². The van der Waals surface area contributed by atoms with Gasteiger partial charge in [0, 0.05) is 19.2 Å². The highest BCUT2D eigenvalue weighted by Crippen LogP contribution is 2.21. The Morgan fingerprint density at radius 1 is 1.41 bits per heavy atom. The SMILES string of the molecule is CCCC(=O)NCc1nc2c(n1C)CCCC2. The topological polar surface area (TPSA) is 46.9 Å². The van der Waals surface area contributed by atoms with Gasteiger partial charge in [0.05, 0.1) is 12.2 Å². The van der Waals surface area contributed by atoms with Crippen LogP contribution in [0.2, 0.25) is 0 Å². The van der Waals surface area contributed by atoms with Crippen molar-refractivity contribution < 1.29 is 4.79 Å². The Labute approximate surface area is 102 Å². The molecule has 1 aliphatic carbocycles. The third-order valence-electron chi connectivity index (χ3n) is 3.39. The summed E-state index contributed by atoms with van der Waals surface area (Å²) in [5, 5.41) is 2.93. The fourth-order valence-electron chi connectivity index (χ4n) is 2.39. The van der Waals surface area contributed by atoms with Crippen molar-refractivity contribution in [2.24, 2.45) is 7.05 Å². The lowest BCUT2D eigenvalue weighted by molar-refractivity contribution is -0.121. The summed E-state index contributed by atoms with van der Waals surface area (Å²) in [5.41, 5.74) is 2.59. The molecule has 0 aliphatic heterocycles. The molecule has 4 heteroatoms. The van der Waals surface area contributed by atoms with Gasteiger partial charge in [-0.1, -0.05) is 6.92 Å². The van der Waals surface area contributed by atoms with E-state index in [1.165, 1.54) is 24.2 Å². The Morgan fingerprint density at radius 2 is 2.18 bits per heavy atom. The monoisotopic (exact) mass is 235 g/mol. The standard InChI is InChI=1S/C13H21N3O/c1-3-6-13(17)14-9-12-15-10-7-4-5-8-11(10)16(12)2/h3-9H2,1-2H3,(H,14,17). The van der Waals surface area contributed by atoms with Crippen molar-refractivity contribution in [1.82, 2.24) is 14.9 Å². The summed E-state index contributed by atoms with van der Waals surface area (Å²) in [6, 6.07) is 0. The van der Waals surface area contributed by atoms with Crippen LogP contribution in [0, 0.1) is 0 Å². The van der Waals surface area contributed by atoms with Gasteiger partial charge in [0.1, 0.15) is 5.82 Å². The van der Waals surface area contributed by atoms with Gasteiger partial charge < -0.3 is 9.88 Å². The average Bonchev–Trinajstić information content (AvgIpc) is 2.65. The zero-order valence-corrected chi connectivity index (χ0v) is 10.8. The lowest BCUT2D eigenvalue weighted by atomic mass is 10.0. The molecule has 94 valence electrons. The molecule has 4 nitrogen and oxygen atoms in total. The second-order valence-electron chi connectivity index (χ2n) is 4.71. The minimum Gasteiger partial charge on any atom is -0.349 e. The summed E-state index contributed by atoms with van der Waals surface area (Å²) in [6.45, 7) is 2.57. The molecule has 0 fully saturated rings. The molecule has 0 spiro atoms. The number of nitrogens with zero attached hydrogens (tertiary/aromatic N) is 2. The van der Waals surface area contributed by atoms with E-state index in [9.17, 15) is 4.79 Å². The molecule has 1 aromatic rings. The zero-order chi connectivity index (χ0) is 12.3. The van der Waals surface area contributed by atoms with Gasteiger partial charge in [-0.25, -0.2) is 4.98 Å². The fraction of sp³-hybridized carbons (Fsp3) is 0.692. The van der Waals surface area contributed by atoms with Gasteiger partial charge in [-0.05, 0) is 32.1 Å². The number of nitrogens with one attached hydrogen (secondary N) is 1. The maximum absolute atomic E-state index is 11.4. The van der Waals surface area contributed by atoms with Crippen LogP contribution in [0.5, 0.6) is 0 Å². The Hall–Kier alpha value is -1.32. The van der Waals surface area contributed by atoms with Gasteiger partial charge in [-0.2, -0.15) is 0 Å². The first-order valence-corrected chi connectivity index (χ1v) is 6.52. The molecule has 0 aromatic carbocycles. The molecule has 0 radical (unpaired) electrons. The molecule has 0 saturated heterocycles.